The van der Waals surface area contributed by atoms with Gasteiger partial charge in [-0.05, 0) is 76.7 Å². The lowest BCUT2D eigenvalue weighted by atomic mass is 10.0. The van der Waals surface area contributed by atoms with E-state index in [2.05, 4.69) is 50.3 Å². The summed E-state index contributed by atoms with van der Waals surface area (Å²) in [7, 11) is 0. The third-order valence-electron chi connectivity index (χ3n) is 8.82. The molecular formula is C42H76O4. The molecule has 0 aromatic carbocycles. The van der Waals surface area contributed by atoms with Crippen LogP contribution in [0, 0.1) is 0 Å². The third-order valence-corrected chi connectivity index (χ3v) is 8.82. The van der Waals surface area contributed by atoms with E-state index in [0.717, 1.165) is 57.8 Å². The summed E-state index contributed by atoms with van der Waals surface area (Å²) in [5, 5.41) is 8.82. The fourth-order valence-corrected chi connectivity index (χ4v) is 5.83. The Kier molecular flexibility index (Phi) is 36.1. The van der Waals surface area contributed by atoms with E-state index in [1.54, 1.807) is 0 Å². The molecule has 1 N–H and O–H groups in total. The van der Waals surface area contributed by atoms with Crippen LogP contribution in [0.15, 0.2) is 36.5 Å². The second kappa shape index (κ2) is 37.6. The number of allylic oxidation sites excluding steroid dienone is 5. The van der Waals surface area contributed by atoms with Crippen molar-refractivity contribution in [2.24, 2.45) is 0 Å². The fourth-order valence-electron chi connectivity index (χ4n) is 5.83. The molecule has 1 atom stereocenters. The van der Waals surface area contributed by atoms with Crippen LogP contribution in [0.2, 0.25) is 0 Å². The van der Waals surface area contributed by atoms with Crippen LogP contribution in [-0.4, -0.2) is 23.1 Å². The van der Waals surface area contributed by atoms with Gasteiger partial charge >= 0.3 is 11.9 Å². The van der Waals surface area contributed by atoms with Gasteiger partial charge in [0.2, 0.25) is 0 Å². The number of carbonyl (C=O) groups is 2. The maximum Gasteiger partial charge on any atom is 0.306 e. The second-order valence-electron chi connectivity index (χ2n) is 13.5. The number of hydrogen-bond acceptors (Lipinski definition) is 3. The number of aliphatic carboxylic acids is 1. The molecule has 0 heterocycles. The van der Waals surface area contributed by atoms with Crippen LogP contribution in [0.4, 0.5) is 0 Å². The van der Waals surface area contributed by atoms with E-state index in [-0.39, 0.29) is 18.5 Å². The number of carboxylic acids is 1. The number of esters is 1. The van der Waals surface area contributed by atoms with Crippen LogP contribution < -0.4 is 0 Å². The standard InChI is InChI=1S/C42H76O4/c1-3-5-7-9-11-13-14-15-16-17-18-19-20-21-22-23-24-25-27-29-35-39-42(45)46-40(37-33-30-31-34-38-41(43)44)36-32-28-26-12-10-8-6-4-2/h12,17-18,26,32,36,40H,3-11,13-16,19-25,27-31,33-35,37-39H2,1-2H3,(H,43,44)/b18-17-,26-12-,36-32-. The quantitative estimate of drug-likeness (QED) is 0.0419. The summed E-state index contributed by atoms with van der Waals surface area (Å²) >= 11 is 0. The van der Waals surface area contributed by atoms with Crippen molar-refractivity contribution in [3.05, 3.63) is 36.5 Å². The van der Waals surface area contributed by atoms with E-state index in [4.69, 9.17) is 9.84 Å². The molecule has 0 aliphatic carbocycles. The SMILES string of the molecule is CCCCC/C=C\C/C=C\C(CCCCCCC(=O)O)OC(=O)CCCCCCCCCCC/C=C\CCCCCCCCCC. The minimum Gasteiger partial charge on any atom is -0.481 e. The summed E-state index contributed by atoms with van der Waals surface area (Å²) in [5.74, 6) is -0.807. The number of carbonyl (C=O) groups excluding carboxylic acids is 1. The second-order valence-corrected chi connectivity index (χ2v) is 13.5. The molecular weight excluding hydrogens is 568 g/mol. The smallest absolute Gasteiger partial charge is 0.306 e. The topological polar surface area (TPSA) is 63.6 Å². The Morgan fingerprint density at radius 1 is 0.500 bits per heavy atom. The highest BCUT2D eigenvalue weighted by Crippen LogP contribution is 2.15. The van der Waals surface area contributed by atoms with Crippen molar-refractivity contribution in [1.82, 2.24) is 0 Å². The molecule has 268 valence electrons. The first-order chi connectivity index (χ1) is 22.6. The molecule has 0 fully saturated rings. The molecule has 0 bridgehead atoms. The van der Waals surface area contributed by atoms with E-state index in [0.29, 0.717) is 6.42 Å². The van der Waals surface area contributed by atoms with Gasteiger partial charge in [0, 0.05) is 12.8 Å². The molecule has 0 amide bonds. The molecule has 0 saturated carbocycles. The number of ether oxygens (including phenoxy) is 1. The maximum atomic E-state index is 12.6. The Bertz CT molecular complexity index is 738. The minimum absolute atomic E-state index is 0.0810. The van der Waals surface area contributed by atoms with E-state index >= 15 is 0 Å². The predicted molar refractivity (Wildman–Crippen MR) is 199 cm³/mol. The van der Waals surface area contributed by atoms with Gasteiger partial charge in [-0.25, -0.2) is 0 Å². The van der Waals surface area contributed by atoms with Gasteiger partial charge in [-0.2, -0.15) is 0 Å². The van der Waals surface area contributed by atoms with Crippen molar-refractivity contribution in [3.8, 4) is 0 Å². The van der Waals surface area contributed by atoms with E-state index < -0.39 is 5.97 Å². The average molecular weight is 645 g/mol. The molecule has 0 rings (SSSR count). The molecule has 0 aliphatic rings. The van der Waals surface area contributed by atoms with Crippen LogP contribution in [0.25, 0.3) is 0 Å². The highest BCUT2D eigenvalue weighted by Gasteiger charge is 2.11. The van der Waals surface area contributed by atoms with Crippen LogP contribution in [0.5, 0.6) is 0 Å². The van der Waals surface area contributed by atoms with Crippen LogP contribution in [0.3, 0.4) is 0 Å². The van der Waals surface area contributed by atoms with E-state index in [1.165, 1.54) is 128 Å². The van der Waals surface area contributed by atoms with Gasteiger partial charge in [-0.1, -0.05) is 160 Å². The Morgan fingerprint density at radius 2 is 0.913 bits per heavy atom. The lowest BCUT2D eigenvalue weighted by Crippen LogP contribution is -2.16. The highest BCUT2D eigenvalue weighted by atomic mass is 16.5. The lowest BCUT2D eigenvalue weighted by Gasteiger charge is -2.14. The predicted octanol–water partition coefficient (Wildman–Crippen LogP) is 13.8. The van der Waals surface area contributed by atoms with Crippen molar-refractivity contribution in [1.29, 1.82) is 0 Å². The summed E-state index contributed by atoms with van der Waals surface area (Å²) in [6.07, 6.45) is 49.0. The molecule has 4 heteroatoms. The zero-order chi connectivity index (χ0) is 33.6. The number of rotatable bonds is 36. The summed E-state index contributed by atoms with van der Waals surface area (Å²) in [6, 6.07) is 0. The van der Waals surface area contributed by atoms with Crippen LogP contribution in [0.1, 0.15) is 213 Å². The highest BCUT2D eigenvalue weighted by molar-refractivity contribution is 5.69. The van der Waals surface area contributed by atoms with E-state index in [1.807, 2.05) is 0 Å². The average Bonchev–Trinajstić information content (AvgIpc) is 3.04. The normalized spacial score (nSPS) is 12.6. The molecule has 4 nitrogen and oxygen atoms in total. The third kappa shape index (κ3) is 36.6. The minimum atomic E-state index is -0.726. The Balaban J connectivity index is 3.87. The van der Waals surface area contributed by atoms with E-state index in [9.17, 15) is 9.59 Å². The molecule has 0 spiro atoms. The largest absolute Gasteiger partial charge is 0.481 e. The fraction of sp³-hybridized carbons (Fsp3) is 0.810. The first kappa shape index (κ1) is 44.2. The van der Waals surface area contributed by atoms with Crippen molar-refractivity contribution < 1.29 is 19.4 Å². The molecule has 1 unspecified atom stereocenters. The number of hydrogen-bond donors (Lipinski definition) is 1. The molecule has 0 aromatic rings. The van der Waals surface area contributed by atoms with Crippen molar-refractivity contribution in [2.45, 2.75) is 219 Å². The van der Waals surface area contributed by atoms with Gasteiger partial charge in [0.25, 0.3) is 0 Å². The Labute approximate surface area is 286 Å². The molecule has 0 radical (unpaired) electrons. The summed E-state index contributed by atoms with van der Waals surface area (Å²) in [4.78, 5) is 23.3. The summed E-state index contributed by atoms with van der Waals surface area (Å²) in [5.41, 5.74) is 0. The van der Waals surface area contributed by atoms with Gasteiger partial charge in [-0.15, -0.1) is 0 Å². The Hall–Kier alpha value is -1.84. The number of carboxylic acid groups (broad SMARTS) is 1. The van der Waals surface area contributed by atoms with Gasteiger partial charge in [0.1, 0.15) is 6.10 Å². The first-order valence-corrected chi connectivity index (χ1v) is 20.0. The summed E-state index contributed by atoms with van der Waals surface area (Å²) in [6.45, 7) is 4.51. The van der Waals surface area contributed by atoms with Crippen molar-refractivity contribution in [3.63, 3.8) is 0 Å². The summed E-state index contributed by atoms with van der Waals surface area (Å²) < 4.78 is 5.85. The molecule has 0 aromatic heterocycles. The van der Waals surface area contributed by atoms with Gasteiger partial charge < -0.3 is 9.84 Å². The van der Waals surface area contributed by atoms with Crippen molar-refractivity contribution in [2.75, 3.05) is 0 Å². The zero-order valence-electron chi connectivity index (χ0n) is 30.6. The molecule has 0 saturated heterocycles. The van der Waals surface area contributed by atoms with Gasteiger partial charge in [0.05, 0.1) is 0 Å². The maximum absolute atomic E-state index is 12.6. The Morgan fingerprint density at radius 3 is 1.46 bits per heavy atom. The zero-order valence-corrected chi connectivity index (χ0v) is 30.6. The van der Waals surface area contributed by atoms with Crippen molar-refractivity contribution >= 4 is 11.9 Å². The first-order valence-electron chi connectivity index (χ1n) is 20.0. The van der Waals surface area contributed by atoms with Gasteiger partial charge in [0.15, 0.2) is 0 Å². The molecule has 0 aliphatic heterocycles. The molecule has 46 heavy (non-hydrogen) atoms. The lowest BCUT2D eigenvalue weighted by molar-refractivity contribution is -0.147. The van der Waals surface area contributed by atoms with Crippen LogP contribution >= 0.6 is 0 Å². The number of unbranched alkanes of at least 4 members (excludes halogenated alkanes) is 23. The van der Waals surface area contributed by atoms with Gasteiger partial charge in [-0.3, -0.25) is 9.59 Å². The van der Waals surface area contributed by atoms with Crippen LogP contribution in [-0.2, 0) is 14.3 Å². The monoisotopic (exact) mass is 645 g/mol.